The number of amides is 1. The van der Waals surface area contributed by atoms with Gasteiger partial charge < -0.3 is 14.2 Å². The fourth-order valence-corrected chi connectivity index (χ4v) is 4.93. The van der Waals surface area contributed by atoms with Crippen LogP contribution in [0.4, 0.5) is 4.39 Å². The van der Waals surface area contributed by atoms with E-state index in [0.717, 1.165) is 15.8 Å². The third-order valence-electron chi connectivity index (χ3n) is 5.17. The fourth-order valence-electron chi connectivity index (χ4n) is 3.86. The highest BCUT2D eigenvalue weighted by molar-refractivity contribution is 7.98. The number of aromatic nitrogens is 1. The maximum atomic E-state index is 14.0. The standard InChI is InChI=1S/C23H25FN2O2S/c1-16-11-26(12-17(2)28-16)23(27)14-25-13-22(19-8-4-6-10-21(19)25)29-15-18-7-3-5-9-20(18)24/h3-10,13,16-17H,11-12,14-15H2,1-2H3. The van der Waals surface area contributed by atoms with Crippen LogP contribution in [0.3, 0.4) is 0 Å². The molecule has 2 atom stereocenters. The molecule has 2 unspecified atom stereocenters. The molecule has 1 amide bonds. The number of carbonyl (C=O) groups is 1. The van der Waals surface area contributed by atoms with Gasteiger partial charge in [0.2, 0.25) is 5.91 Å². The van der Waals surface area contributed by atoms with Crippen LogP contribution >= 0.6 is 11.8 Å². The molecule has 1 aromatic heterocycles. The van der Waals surface area contributed by atoms with Crippen LogP contribution in [0.25, 0.3) is 10.9 Å². The normalized spacial score (nSPS) is 19.6. The van der Waals surface area contributed by atoms with Gasteiger partial charge in [-0.15, -0.1) is 11.8 Å². The van der Waals surface area contributed by atoms with Crippen LogP contribution in [0.2, 0.25) is 0 Å². The van der Waals surface area contributed by atoms with E-state index in [2.05, 4.69) is 6.07 Å². The highest BCUT2D eigenvalue weighted by Gasteiger charge is 2.26. The van der Waals surface area contributed by atoms with Crippen LogP contribution in [-0.2, 0) is 21.8 Å². The van der Waals surface area contributed by atoms with E-state index in [1.165, 1.54) is 6.07 Å². The SMILES string of the molecule is CC1CN(C(=O)Cn2cc(SCc3ccccc3F)c3ccccc32)CC(C)O1. The summed E-state index contributed by atoms with van der Waals surface area (Å²) in [5.74, 6) is 0.459. The van der Waals surface area contributed by atoms with Crippen LogP contribution in [0.1, 0.15) is 19.4 Å². The summed E-state index contributed by atoms with van der Waals surface area (Å²) in [7, 11) is 0. The van der Waals surface area contributed by atoms with Gasteiger partial charge in [0.05, 0.1) is 12.2 Å². The molecule has 3 aromatic rings. The number of carbonyl (C=O) groups excluding carboxylic acids is 1. The smallest absolute Gasteiger partial charge is 0.242 e. The zero-order valence-electron chi connectivity index (χ0n) is 16.7. The molecule has 0 bridgehead atoms. The van der Waals surface area contributed by atoms with Crippen LogP contribution in [0.15, 0.2) is 59.6 Å². The monoisotopic (exact) mass is 412 g/mol. The summed E-state index contributed by atoms with van der Waals surface area (Å²) in [5.41, 5.74) is 1.70. The lowest BCUT2D eigenvalue weighted by Crippen LogP contribution is -2.49. The second kappa shape index (κ2) is 8.59. The Balaban J connectivity index is 1.54. The van der Waals surface area contributed by atoms with Gasteiger partial charge in [0, 0.05) is 40.8 Å². The molecule has 0 spiro atoms. The molecular formula is C23H25FN2O2S. The Morgan fingerprint density at radius 3 is 2.55 bits per heavy atom. The Hall–Kier alpha value is -2.31. The number of rotatable bonds is 5. The van der Waals surface area contributed by atoms with E-state index in [9.17, 15) is 9.18 Å². The number of para-hydroxylation sites is 1. The van der Waals surface area contributed by atoms with Crippen LogP contribution in [0.5, 0.6) is 0 Å². The van der Waals surface area contributed by atoms with Crippen molar-refractivity contribution in [3.05, 3.63) is 66.1 Å². The second-order valence-corrected chi connectivity index (χ2v) is 8.59. The Labute approximate surface area is 174 Å². The molecule has 1 fully saturated rings. The number of ether oxygens (including phenoxy) is 1. The van der Waals surface area contributed by atoms with Gasteiger partial charge in [0.25, 0.3) is 0 Å². The molecule has 4 rings (SSSR count). The minimum absolute atomic E-state index is 0.0518. The summed E-state index contributed by atoms with van der Waals surface area (Å²) in [5, 5.41) is 1.09. The summed E-state index contributed by atoms with van der Waals surface area (Å²) in [6.45, 7) is 5.53. The fraction of sp³-hybridized carbons (Fsp3) is 0.348. The highest BCUT2D eigenvalue weighted by atomic mass is 32.2. The average Bonchev–Trinajstić information content (AvgIpc) is 3.04. The van der Waals surface area contributed by atoms with Gasteiger partial charge in [-0.25, -0.2) is 4.39 Å². The van der Waals surface area contributed by atoms with Crippen molar-refractivity contribution < 1.29 is 13.9 Å². The molecule has 152 valence electrons. The van der Waals surface area contributed by atoms with Gasteiger partial charge in [-0.1, -0.05) is 36.4 Å². The van der Waals surface area contributed by atoms with Crippen LogP contribution in [-0.4, -0.2) is 40.7 Å². The van der Waals surface area contributed by atoms with E-state index in [4.69, 9.17) is 4.74 Å². The van der Waals surface area contributed by atoms with E-state index >= 15 is 0 Å². The molecule has 4 nitrogen and oxygen atoms in total. The van der Waals surface area contributed by atoms with E-state index in [1.54, 1.807) is 17.8 Å². The molecule has 0 saturated carbocycles. The molecule has 29 heavy (non-hydrogen) atoms. The largest absolute Gasteiger partial charge is 0.372 e. The van der Waals surface area contributed by atoms with Crippen molar-refractivity contribution in [2.24, 2.45) is 0 Å². The van der Waals surface area contributed by atoms with Gasteiger partial charge in [-0.2, -0.15) is 0 Å². The van der Waals surface area contributed by atoms with Crippen molar-refractivity contribution in [2.75, 3.05) is 13.1 Å². The van der Waals surface area contributed by atoms with Gasteiger partial charge in [0.1, 0.15) is 12.4 Å². The number of benzene rings is 2. The molecule has 1 aliphatic heterocycles. The topological polar surface area (TPSA) is 34.5 Å². The molecule has 0 radical (unpaired) electrons. The molecule has 6 heteroatoms. The van der Waals surface area contributed by atoms with Crippen molar-refractivity contribution in [3.63, 3.8) is 0 Å². The first kappa shape index (κ1) is 20.0. The summed E-state index contributed by atoms with van der Waals surface area (Å²) < 4.78 is 21.7. The van der Waals surface area contributed by atoms with E-state index in [-0.39, 0.29) is 23.9 Å². The number of hydrogen-bond acceptors (Lipinski definition) is 3. The van der Waals surface area contributed by atoms with Gasteiger partial charge >= 0.3 is 0 Å². The van der Waals surface area contributed by atoms with Gasteiger partial charge in [-0.3, -0.25) is 4.79 Å². The van der Waals surface area contributed by atoms with Crippen molar-refractivity contribution in [1.29, 1.82) is 0 Å². The Morgan fingerprint density at radius 2 is 1.79 bits per heavy atom. The van der Waals surface area contributed by atoms with Crippen molar-refractivity contribution >= 4 is 28.6 Å². The Kier molecular flexibility index (Phi) is 5.92. The first-order valence-electron chi connectivity index (χ1n) is 9.88. The maximum absolute atomic E-state index is 14.0. The lowest BCUT2D eigenvalue weighted by Gasteiger charge is -2.35. The first-order chi connectivity index (χ1) is 14.0. The van der Waals surface area contributed by atoms with Crippen LogP contribution < -0.4 is 0 Å². The maximum Gasteiger partial charge on any atom is 0.242 e. The van der Waals surface area contributed by atoms with E-state index in [0.29, 0.717) is 31.0 Å². The second-order valence-electron chi connectivity index (χ2n) is 7.57. The minimum Gasteiger partial charge on any atom is -0.372 e. The van der Waals surface area contributed by atoms with Gasteiger partial charge in [-0.05, 0) is 31.5 Å². The molecule has 2 heterocycles. The number of halogens is 1. The van der Waals surface area contributed by atoms with E-state index < -0.39 is 0 Å². The molecule has 1 saturated heterocycles. The molecular weight excluding hydrogens is 387 g/mol. The summed E-state index contributed by atoms with van der Waals surface area (Å²) in [4.78, 5) is 15.9. The number of nitrogens with zero attached hydrogens (tertiary/aromatic N) is 2. The molecule has 0 N–H and O–H groups in total. The molecule has 0 aliphatic carbocycles. The average molecular weight is 413 g/mol. The lowest BCUT2D eigenvalue weighted by molar-refractivity contribution is -0.143. The summed E-state index contributed by atoms with van der Waals surface area (Å²) in [6, 6.07) is 14.9. The van der Waals surface area contributed by atoms with Crippen LogP contribution in [0, 0.1) is 5.82 Å². The molecule has 1 aliphatic rings. The van der Waals surface area contributed by atoms with Crippen molar-refractivity contribution in [3.8, 4) is 0 Å². The predicted molar refractivity (Wildman–Crippen MR) is 114 cm³/mol. The zero-order valence-corrected chi connectivity index (χ0v) is 17.5. The van der Waals surface area contributed by atoms with Gasteiger partial charge in [0.15, 0.2) is 0 Å². The molecule has 2 aromatic carbocycles. The third kappa shape index (κ3) is 4.49. The third-order valence-corrected chi connectivity index (χ3v) is 6.26. The number of fused-ring (bicyclic) bond motifs is 1. The minimum atomic E-state index is -0.186. The number of thioether (sulfide) groups is 1. The van der Waals surface area contributed by atoms with E-state index in [1.807, 2.05) is 59.8 Å². The number of hydrogen-bond donors (Lipinski definition) is 0. The quantitative estimate of drug-likeness (QED) is 0.569. The highest BCUT2D eigenvalue weighted by Crippen LogP contribution is 2.32. The first-order valence-corrected chi connectivity index (χ1v) is 10.9. The summed E-state index contributed by atoms with van der Waals surface area (Å²) >= 11 is 1.60. The zero-order chi connectivity index (χ0) is 20.4. The summed E-state index contributed by atoms with van der Waals surface area (Å²) in [6.07, 6.45) is 2.12. The predicted octanol–water partition coefficient (Wildman–Crippen LogP) is 4.71. The number of morpholine rings is 1. The van der Waals surface area contributed by atoms with Crippen molar-refractivity contribution in [1.82, 2.24) is 9.47 Å². The Morgan fingerprint density at radius 1 is 1.10 bits per heavy atom. The lowest BCUT2D eigenvalue weighted by atomic mass is 10.2. The van der Waals surface area contributed by atoms with Crippen molar-refractivity contribution in [2.45, 2.75) is 43.2 Å². The Bertz CT molecular complexity index is 1010.